The lowest BCUT2D eigenvalue weighted by Gasteiger charge is -2.46. The Labute approximate surface area is 181 Å². The molecule has 176 valence electrons. The molecule has 0 aromatic carbocycles. The molecule has 0 bridgehead atoms. The van der Waals surface area contributed by atoms with Crippen molar-refractivity contribution in [3.05, 3.63) is 0 Å². The number of ether oxygens (including phenoxy) is 3. The van der Waals surface area contributed by atoms with Crippen molar-refractivity contribution in [1.82, 2.24) is 16.0 Å². The average Bonchev–Trinajstić information content (AvgIpc) is 2.77. The highest BCUT2D eigenvalue weighted by atomic mass is 16.5. The Balaban J connectivity index is 0.000000418. The van der Waals surface area contributed by atoms with E-state index in [1.165, 1.54) is 6.42 Å². The second kappa shape index (κ2) is 16.5. The lowest BCUT2D eigenvalue weighted by molar-refractivity contribution is -0.0120. The summed E-state index contributed by atoms with van der Waals surface area (Å²) in [6, 6.07) is 1.10. The molecular formula is C23H51N3O3. The predicted octanol–water partition coefficient (Wildman–Crippen LogP) is 3.06. The van der Waals surface area contributed by atoms with Crippen LogP contribution in [0.15, 0.2) is 0 Å². The zero-order chi connectivity index (χ0) is 22.2. The van der Waals surface area contributed by atoms with E-state index in [0.717, 1.165) is 65.8 Å². The molecule has 3 aliphatic rings. The van der Waals surface area contributed by atoms with Crippen LogP contribution in [0.5, 0.6) is 0 Å². The minimum atomic E-state index is 0.271. The number of hydrogen-bond acceptors (Lipinski definition) is 6. The Morgan fingerprint density at radius 1 is 0.724 bits per heavy atom. The normalized spacial score (nSPS) is 25.2. The summed E-state index contributed by atoms with van der Waals surface area (Å²) < 4.78 is 15.7. The zero-order valence-electron chi connectivity index (χ0n) is 20.7. The lowest BCUT2D eigenvalue weighted by Crippen LogP contribution is -2.54. The maximum atomic E-state index is 5.50. The van der Waals surface area contributed by atoms with E-state index in [1.807, 2.05) is 13.8 Å². The minimum Gasteiger partial charge on any atom is -0.379 e. The first kappa shape index (κ1) is 28.8. The van der Waals surface area contributed by atoms with Crippen LogP contribution >= 0.6 is 0 Å². The van der Waals surface area contributed by atoms with Gasteiger partial charge in [-0.3, -0.25) is 0 Å². The molecule has 0 saturated carbocycles. The summed E-state index contributed by atoms with van der Waals surface area (Å²) in [4.78, 5) is 0. The molecule has 2 atom stereocenters. The summed E-state index contributed by atoms with van der Waals surface area (Å²) in [6.45, 7) is 27.0. The summed E-state index contributed by atoms with van der Waals surface area (Å²) >= 11 is 0. The molecule has 0 amide bonds. The van der Waals surface area contributed by atoms with Crippen LogP contribution in [0.1, 0.15) is 61.8 Å². The van der Waals surface area contributed by atoms with Crippen molar-refractivity contribution in [1.29, 1.82) is 0 Å². The Kier molecular flexibility index (Phi) is 16.3. The van der Waals surface area contributed by atoms with Crippen molar-refractivity contribution in [2.24, 2.45) is 10.8 Å². The van der Waals surface area contributed by atoms with E-state index in [1.54, 1.807) is 0 Å². The number of hydrogen-bond donors (Lipinski definition) is 3. The summed E-state index contributed by atoms with van der Waals surface area (Å²) in [5.41, 5.74) is 0.582. The highest BCUT2D eigenvalue weighted by Gasteiger charge is 2.40. The molecule has 0 aliphatic carbocycles. The second-order valence-corrected chi connectivity index (χ2v) is 9.05. The van der Waals surface area contributed by atoms with Gasteiger partial charge < -0.3 is 30.2 Å². The fourth-order valence-electron chi connectivity index (χ4n) is 2.95. The summed E-state index contributed by atoms with van der Waals surface area (Å²) in [7, 11) is 0. The van der Waals surface area contributed by atoms with E-state index >= 15 is 0 Å². The summed E-state index contributed by atoms with van der Waals surface area (Å²) in [5, 5.41) is 10.0. The van der Waals surface area contributed by atoms with Gasteiger partial charge in [0.15, 0.2) is 0 Å². The van der Waals surface area contributed by atoms with Crippen LogP contribution in [0.4, 0.5) is 0 Å². The van der Waals surface area contributed by atoms with Gasteiger partial charge in [-0.25, -0.2) is 0 Å². The topological polar surface area (TPSA) is 63.8 Å². The fraction of sp³-hybridized carbons (Fsp3) is 1.00. The Morgan fingerprint density at radius 3 is 1.52 bits per heavy atom. The Bertz CT molecular complexity index is 345. The summed E-state index contributed by atoms with van der Waals surface area (Å²) in [5.74, 6) is 0. The molecule has 3 fully saturated rings. The Hall–Kier alpha value is -0.240. The monoisotopic (exact) mass is 417 g/mol. The van der Waals surface area contributed by atoms with E-state index in [2.05, 4.69) is 57.5 Å². The molecular weight excluding hydrogens is 366 g/mol. The van der Waals surface area contributed by atoms with E-state index in [9.17, 15) is 0 Å². The third-order valence-electron chi connectivity index (χ3n) is 6.06. The van der Waals surface area contributed by atoms with E-state index < -0.39 is 0 Å². The molecule has 0 radical (unpaired) electrons. The van der Waals surface area contributed by atoms with Crippen molar-refractivity contribution < 1.29 is 14.2 Å². The van der Waals surface area contributed by atoms with Gasteiger partial charge in [-0.2, -0.15) is 0 Å². The summed E-state index contributed by atoms with van der Waals surface area (Å²) in [6.07, 6.45) is 1.18. The van der Waals surface area contributed by atoms with Crippen molar-refractivity contribution in [2.75, 3.05) is 65.8 Å². The van der Waals surface area contributed by atoms with Gasteiger partial charge in [0.1, 0.15) is 0 Å². The van der Waals surface area contributed by atoms with Crippen LogP contribution in [-0.4, -0.2) is 77.9 Å². The second-order valence-electron chi connectivity index (χ2n) is 9.05. The van der Waals surface area contributed by atoms with Gasteiger partial charge in [-0.1, -0.05) is 55.4 Å². The van der Waals surface area contributed by atoms with Gasteiger partial charge >= 0.3 is 0 Å². The lowest BCUT2D eigenvalue weighted by atomic mass is 9.65. The molecule has 3 saturated heterocycles. The molecule has 0 aromatic heterocycles. The van der Waals surface area contributed by atoms with Crippen LogP contribution in [0, 0.1) is 10.8 Å². The maximum absolute atomic E-state index is 5.50. The van der Waals surface area contributed by atoms with Crippen molar-refractivity contribution in [3.8, 4) is 0 Å². The van der Waals surface area contributed by atoms with Crippen LogP contribution in [0.3, 0.4) is 0 Å². The molecule has 3 rings (SSSR count). The SMILES string of the molecule is C1COCCN1.CC.CC(C)(C)C(C)(C)C1COCCN1.CCC1COCCN1. The van der Waals surface area contributed by atoms with Gasteiger partial charge in [0.2, 0.25) is 0 Å². The molecule has 29 heavy (non-hydrogen) atoms. The molecule has 6 nitrogen and oxygen atoms in total. The highest BCUT2D eigenvalue weighted by Crippen LogP contribution is 2.41. The molecule has 6 heteroatoms. The number of morpholine rings is 3. The van der Waals surface area contributed by atoms with Gasteiger partial charge in [-0.15, -0.1) is 0 Å². The first-order chi connectivity index (χ1) is 13.8. The predicted molar refractivity (Wildman–Crippen MR) is 124 cm³/mol. The van der Waals surface area contributed by atoms with E-state index in [0.29, 0.717) is 17.5 Å². The third kappa shape index (κ3) is 12.3. The minimum absolute atomic E-state index is 0.271. The number of rotatable bonds is 2. The van der Waals surface area contributed by atoms with Crippen molar-refractivity contribution in [2.45, 2.75) is 73.9 Å². The largest absolute Gasteiger partial charge is 0.379 e. The molecule has 3 aliphatic heterocycles. The number of nitrogens with one attached hydrogen (secondary N) is 3. The average molecular weight is 418 g/mol. The van der Waals surface area contributed by atoms with Crippen LogP contribution in [0.2, 0.25) is 0 Å². The van der Waals surface area contributed by atoms with Crippen molar-refractivity contribution >= 4 is 0 Å². The first-order valence-corrected chi connectivity index (χ1v) is 11.7. The molecule has 3 N–H and O–H groups in total. The first-order valence-electron chi connectivity index (χ1n) is 11.7. The van der Waals surface area contributed by atoms with Crippen LogP contribution < -0.4 is 16.0 Å². The molecule has 0 aromatic rings. The fourth-order valence-corrected chi connectivity index (χ4v) is 2.95. The van der Waals surface area contributed by atoms with Gasteiger partial charge in [-0.05, 0) is 17.3 Å². The maximum Gasteiger partial charge on any atom is 0.0625 e. The molecule has 3 heterocycles. The molecule has 0 spiro atoms. The van der Waals surface area contributed by atoms with Gasteiger partial charge in [0.05, 0.1) is 39.6 Å². The van der Waals surface area contributed by atoms with Crippen LogP contribution in [0.25, 0.3) is 0 Å². The smallest absolute Gasteiger partial charge is 0.0625 e. The quantitative estimate of drug-likeness (QED) is 0.642. The molecule has 2 unspecified atom stereocenters. The standard InChI is InChI=1S/C11H23NO.C6H13NO.C4H9NO.C2H6/c1-10(2,3)11(4,5)9-8-13-7-6-12-9;1-2-6-5-8-4-3-7-6;1-3-6-4-2-5-1;1-2/h9,12H,6-8H2,1-5H3;6-7H,2-5H2,1H3;5H,1-4H2;1-2H3. The zero-order valence-corrected chi connectivity index (χ0v) is 20.7. The van der Waals surface area contributed by atoms with Crippen LogP contribution in [-0.2, 0) is 14.2 Å². The Morgan fingerprint density at radius 2 is 1.24 bits per heavy atom. The van der Waals surface area contributed by atoms with Gasteiger partial charge in [0.25, 0.3) is 0 Å². The van der Waals surface area contributed by atoms with Crippen molar-refractivity contribution in [3.63, 3.8) is 0 Å². The van der Waals surface area contributed by atoms with E-state index in [4.69, 9.17) is 14.2 Å². The highest BCUT2D eigenvalue weighted by molar-refractivity contribution is 4.93. The third-order valence-corrected chi connectivity index (χ3v) is 6.06. The van der Waals surface area contributed by atoms with E-state index in [-0.39, 0.29) is 5.41 Å². The van der Waals surface area contributed by atoms with Gasteiger partial charge in [0, 0.05) is 38.3 Å².